The van der Waals surface area contributed by atoms with Crippen LogP contribution in [0.25, 0.3) is 0 Å². The molecular formula is C29H50N4O3. The average Bonchev–Trinajstić information content (AvgIpc) is 2.85. The van der Waals surface area contributed by atoms with Crippen LogP contribution in [0.3, 0.4) is 0 Å². The maximum absolute atomic E-state index is 13.2. The number of amides is 3. The lowest BCUT2D eigenvalue weighted by molar-refractivity contribution is -0.125. The van der Waals surface area contributed by atoms with Gasteiger partial charge in [0.1, 0.15) is 0 Å². The molecule has 1 aromatic rings. The zero-order chi connectivity index (χ0) is 27.3. The van der Waals surface area contributed by atoms with E-state index in [-0.39, 0.29) is 35.7 Å². The van der Waals surface area contributed by atoms with Crippen LogP contribution in [0, 0.1) is 17.8 Å². The van der Waals surface area contributed by atoms with Crippen molar-refractivity contribution in [3.05, 3.63) is 35.4 Å². The number of nitrogens with one attached hydrogen (secondary N) is 2. The molecule has 1 aromatic carbocycles. The first-order valence-corrected chi connectivity index (χ1v) is 13.8. The van der Waals surface area contributed by atoms with Gasteiger partial charge >= 0.3 is 0 Å². The van der Waals surface area contributed by atoms with E-state index in [0.29, 0.717) is 55.4 Å². The van der Waals surface area contributed by atoms with Crippen LogP contribution in [0.5, 0.6) is 0 Å². The van der Waals surface area contributed by atoms with Crippen molar-refractivity contribution in [2.75, 3.05) is 19.6 Å². The lowest BCUT2D eigenvalue weighted by Gasteiger charge is -2.28. The van der Waals surface area contributed by atoms with Crippen molar-refractivity contribution in [2.45, 2.75) is 92.7 Å². The minimum absolute atomic E-state index is 0.00435. The van der Waals surface area contributed by atoms with E-state index in [9.17, 15) is 14.4 Å². The number of nitrogens with two attached hydrogens (primary N) is 1. The number of rotatable bonds is 16. The normalized spacial score (nSPS) is 14.6. The van der Waals surface area contributed by atoms with Crippen molar-refractivity contribution in [1.29, 1.82) is 0 Å². The Kier molecular flexibility index (Phi) is 14.4. The highest BCUT2D eigenvalue weighted by Gasteiger charge is 2.26. The summed E-state index contributed by atoms with van der Waals surface area (Å²) in [6.07, 6.45) is 3.96. The number of nitrogens with zero attached hydrogens (tertiary/aromatic N) is 1. The van der Waals surface area contributed by atoms with Gasteiger partial charge in [0.2, 0.25) is 5.91 Å². The summed E-state index contributed by atoms with van der Waals surface area (Å²) in [5, 5.41) is 6.10. The fourth-order valence-corrected chi connectivity index (χ4v) is 4.20. The molecule has 7 nitrogen and oxygen atoms in total. The van der Waals surface area contributed by atoms with Gasteiger partial charge in [-0.1, -0.05) is 61.0 Å². The minimum atomic E-state index is -0.366. The van der Waals surface area contributed by atoms with Gasteiger partial charge < -0.3 is 21.3 Å². The van der Waals surface area contributed by atoms with Gasteiger partial charge in [-0.25, -0.2) is 0 Å². The van der Waals surface area contributed by atoms with Gasteiger partial charge in [-0.05, 0) is 55.7 Å². The minimum Gasteiger partial charge on any atom is -0.356 e. The second-order valence-electron chi connectivity index (χ2n) is 10.6. The quantitative estimate of drug-likeness (QED) is 0.307. The Balaban J connectivity index is 2.93. The van der Waals surface area contributed by atoms with Crippen molar-refractivity contribution in [3.63, 3.8) is 0 Å². The number of carbonyl (C=O) groups is 3. The largest absolute Gasteiger partial charge is 0.356 e. The Labute approximate surface area is 219 Å². The molecule has 0 aliphatic rings. The van der Waals surface area contributed by atoms with Gasteiger partial charge in [0.15, 0.2) is 0 Å². The topological polar surface area (TPSA) is 105 Å². The molecule has 7 heteroatoms. The molecule has 36 heavy (non-hydrogen) atoms. The number of carbonyl (C=O) groups excluding carboxylic acids is 3. The average molecular weight is 503 g/mol. The van der Waals surface area contributed by atoms with Crippen LogP contribution >= 0.6 is 0 Å². The van der Waals surface area contributed by atoms with Crippen LogP contribution in [0.4, 0.5) is 0 Å². The highest BCUT2D eigenvalue weighted by molar-refractivity contribution is 5.99. The summed E-state index contributed by atoms with van der Waals surface area (Å²) in [6, 6.07) is 6.25. The molecule has 4 unspecified atom stereocenters. The summed E-state index contributed by atoms with van der Waals surface area (Å²) in [5.74, 6) is 0.190. The predicted octanol–water partition coefficient (Wildman–Crippen LogP) is 4.61. The first-order chi connectivity index (χ1) is 17.0. The van der Waals surface area contributed by atoms with Crippen LogP contribution in [0.2, 0.25) is 0 Å². The van der Waals surface area contributed by atoms with E-state index in [1.54, 1.807) is 24.3 Å². The van der Waals surface area contributed by atoms with E-state index < -0.39 is 0 Å². The van der Waals surface area contributed by atoms with Crippen LogP contribution < -0.4 is 16.4 Å². The third-order valence-corrected chi connectivity index (χ3v) is 6.60. The summed E-state index contributed by atoms with van der Waals surface area (Å²) in [6.45, 7) is 16.4. The van der Waals surface area contributed by atoms with Crippen molar-refractivity contribution in [2.24, 2.45) is 23.5 Å². The lowest BCUT2D eigenvalue weighted by atomic mass is 9.90. The summed E-state index contributed by atoms with van der Waals surface area (Å²) in [5.41, 5.74) is 7.50. The smallest absolute Gasteiger partial charge is 0.253 e. The Morgan fingerprint density at radius 2 is 1.56 bits per heavy atom. The van der Waals surface area contributed by atoms with Gasteiger partial charge in [-0.3, -0.25) is 14.4 Å². The van der Waals surface area contributed by atoms with Gasteiger partial charge in [-0.15, -0.1) is 0 Å². The standard InChI is InChI=1S/C29H50N4O3/c1-8-14-33(15-9-2)29(36)24-13-11-12-23(18-24)28(35)32-26(16-20(4)5)25(30)17-22(7)27(34)31-19-21(6)10-3/h11-13,18,20-22,25-26H,8-10,14-17,19,30H2,1-7H3,(H,31,34)(H,32,35). The second-order valence-corrected chi connectivity index (χ2v) is 10.6. The van der Waals surface area contributed by atoms with Gasteiger partial charge in [0.25, 0.3) is 11.8 Å². The molecule has 0 heterocycles. The second kappa shape index (κ2) is 16.4. The molecule has 0 spiro atoms. The van der Waals surface area contributed by atoms with Gasteiger partial charge in [0, 0.05) is 48.8 Å². The van der Waals surface area contributed by atoms with Crippen LogP contribution in [0.1, 0.15) is 101 Å². The molecule has 0 bridgehead atoms. The highest BCUT2D eigenvalue weighted by Crippen LogP contribution is 2.16. The first-order valence-electron chi connectivity index (χ1n) is 13.8. The molecule has 0 saturated heterocycles. The zero-order valence-electron chi connectivity index (χ0n) is 23.6. The number of hydrogen-bond acceptors (Lipinski definition) is 4. The van der Waals surface area contributed by atoms with E-state index >= 15 is 0 Å². The molecule has 204 valence electrons. The molecule has 0 aliphatic heterocycles. The van der Waals surface area contributed by atoms with Crippen LogP contribution in [-0.4, -0.2) is 54.3 Å². The zero-order valence-corrected chi connectivity index (χ0v) is 23.6. The Hall–Kier alpha value is -2.41. The fraction of sp³-hybridized carbons (Fsp3) is 0.690. The van der Waals surface area contributed by atoms with E-state index in [1.807, 2.05) is 25.7 Å². The Morgan fingerprint density at radius 3 is 2.11 bits per heavy atom. The van der Waals surface area contributed by atoms with Crippen molar-refractivity contribution >= 4 is 17.7 Å². The van der Waals surface area contributed by atoms with E-state index in [4.69, 9.17) is 5.73 Å². The molecule has 4 N–H and O–H groups in total. The fourth-order valence-electron chi connectivity index (χ4n) is 4.20. The van der Waals surface area contributed by atoms with Gasteiger partial charge in [0.05, 0.1) is 0 Å². The van der Waals surface area contributed by atoms with E-state index in [1.165, 1.54) is 0 Å². The molecule has 0 fully saturated rings. The molecule has 0 saturated carbocycles. The van der Waals surface area contributed by atoms with Crippen molar-refractivity contribution < 1.29 is 14.4 Å². The third-order valence-electron chi connectivity index (χ3n) is 6.60. The predicted molar refractivity (Wildman–Crippen MR) is 148 cm³/mol. The molecule has 1 rings (SSSR count). The van der Waals surface area contributed by atoms with Gasteiger partial charge in [-0.2, -0.15) is 0 Å². The summed E-state index contributed by atoms with van der Waals surface area (Å²) in [4.78, 5) is 40.6. The number of benzene rings is 1. The van der Waals surface area contributed by atoms with Crippen molar-refractivity contribution in [1.82, 2.24) is 15.5 Å². The van der Waals surface area contributed by atoms with E-state index in [2.05, 4.69) is 38.3 Å². The molecule has 0 aliphatic carbocycles. The molecule has 0 aromatic heterocycles. The first kappa shape index (κ1) is 31.6. The van der Waals surface area contributed by atoms with Crippen LogP contribution in [0.15, 0.2) is 24.3 Å². The van der Waals surface area contributed by atoms with E-state index in [0.717, 1.165) is 19.3 Å². The molecular weight excluding hydrogens is 452 g/mol. The monoisotopic (exact) mass is 502 g/mol. The maximum atomic E-state index is 13.2. The highest BCUT2D eigenvalue weighted by atomic mass is 16.2. The molecule has 0 radical (unpaired) electrons. The lowest BCUT2D eigenvalue weighted by Crippen LogP contribution is -2.50. The Bertz CT molecular complexity index is 820. The molecule has 4 atom stereocenters. The Morgan fingerprint density at radius 1 is 0.944 bits per heavy atom. The van der Waals surface area contributed by atoms with Crippen molar-refractivity contribution in [3.8, 4) is 0 Å². The summed E-state index contributed by atoms with van der Waals surface area (Å²) >= 11 is 0. The SMILES string of the molecule is CCCN(CCC)C(=O)c1cccc(C(=O)NC(CC(C)C)C(N)CC(C)C(=O)NCC(C)CC)c1. The summed E-state index contributed by atoms with van der Waals surface area (Å²) in [7, 11) is 0. The number of hydrogen-bond donors (Lipinski definition) is 3. The maximum Gasteiger partial charge on any atom is 0.253 e. The van der Waals surface area contributed by atoms with Crippen LogP contribution in [-0.2, 0) is 4.79 Å². The molecule has 3 amide bonds. The third kappa shape index (κ3) is 10.7. The summed E-state index contributed by atoms with van der Waals surface area (Å²) < 4.78 is 0.